The van der Waals surface area contributed by atoms with Gasteiger partial charge in [0.05, 0.1) is 12.1 Å². The van der Waals surface area contributed by atoms with E-state index in [0.29, 0.717) is 0 Å². The number of fused-ring (bicyclic) bond motifs is 1. The average molecular weight is 484 g/mol. The molecule has 0 fully saturated rings. The van der Waals surface area contributed by atoms with Crippen LogP contribution in [0.1, 0.15) is 11.1 Å². The number of nitrogens with zero attached hydrogens (tertiary/aromatic N) is 3. The molecule has 0 saturated heterocycles. The van der Waals surface area contributed by atoms with Crippen molar-refractivity contribution in [2.75, 3.05) is 5.32 Å². The van der Waals surface area contributed by atoms with Crippen molar-refractivity contribution in [2.45, 2.75) is 26.4 Å². The number of halogens is 3. The highest BCUT2D eigenvalue weighted by Gasteiger charge is 2.31. The number of benzene rings is 2. The van der Waals surface area contributed by atoms with E-state index < -0.39 is 35.8 Å². The maximum absolute atomic E-state index is 13.2. The van der Waals surface area contributed by atoms with Crippen LogP contribution >= 0.6 is 0 Å². The summed E-state index contributed by atoms with van der Waals surface area (Å²) in [4.78, 5) is 43.0. The highest BCUT2D eigenvalue weighted by atomic mass is 19.4. The monoisotopic (exact) mass is 484 g/mol. The van der Waals surface area contributed by atoms with Gasteiger partial charge in [-0.05, 0) is 48.9 Å². The van der Waals surface area contributed by atoms with Crippen LogP contribution in [0.15, 0.2) is 76.4 Å². The van der Waals surface area contributed by atoms with Crippen LogP contribution in [-0.2, 0) is 17.9 Å². The van der Waals surface area contributed by atoms with Gasteiger partial charge in [0, 0.05) is 11.9 Å². The highest BCUT2D eigenvalue weighted by Crippen LogP contribution is 2.24. The molecule has 2 aromatic carbocycles. The molecule has 8 nitrogen and oxygen atoms in total. The summed E-state index contributed by atoms with van der Waals surface area (Å²) in [6, 6.07) is 14.9. The number of aromatic nitrogens is 3. The maximum Gasteiger partial charge on any atom is 0.573 e. The zero-order valence-corrected chi connectivity index (χ0v) is 18.4. The Labute approximate surface area is 196 Å². The molecule has 2 heterocycles. The van der Waals surface area contributed by atoms with Gasteiger partial charge in [-0.1, -0.05) is 29.8 Å². The van der Waals surface area contributed by atoms with Gasteiger partial charge in [0.15, 0.2) is 5.52 Å². The smallest absolute Gasteiger partial charge is 0.406 e. The van der Waals surface area contributed by atoms with Gasteiger partial charge in [-0.3, -0.25) is 18.7 Å². The summed E-state index contributed by atoms with van der Waals surface area (Å²) in [5, 5.41) is 2.52. The fourth-order valence-electron chi connectivity index (χ4n) is 3.50. The number of hydrogen-bond acceptors (Lipinski definition) is 5. The van der Waals surface area contributed by atoms with Gasteiger partial charge in [0.25, 0.3) is 5.56 Å². The topological polar surface area (TPSA) is 95.2 Å². The third kappa shape index (κ3) is 5.57. The highest BCUT2D eigenvalue weighted by molar-refractivity contribution is 5.91. The van der Waals surface area contributed by atoms with Crippen molar-refractivity contribution in [1.82, 2.24) is 14.1 Å². The lowest BCUT2D eigenvalue weighted by Gasteiger charge is -2.14. The number of carbonyl (C=O) groups excluding carboxylic acids is 1. The van der Waals surface area contributed by atoms with E-state index in [2.05, 4.69) is 15.0 Å². The number of ether oxygens (including phenoxy) is 1. The van der Waals surface area contributed by atoms with Crippen LogP contribution in [0.25, 0.3) is 11.0 Å². The molecule has 0 saturated carbocycles. The second-order valence-corrected chi connectivity index (χ2v) is 7.74. The van der Waals surface area contributed by atoms with Crippen molar-refractivity contribution in [1.29, 1.82) is 0 Å². The van der Waals surface area contributed by atoms with Crippen molar-refractivity contribution in [3.63, 3.8) is 0 Å². The summed E-state index contributed by atoms with van der Waals surface area (Å²) < 4.78 is 42.9. The van der Waals surface area contributed by atoms with Crippen LogP contribution in [0, 0.1) is 6.92 Å². The normalized spacial score (nSPS) is 11.4. The van der Waals surface area contributed by atoms with E-state index in [0.717, 1.165) is 32.4 Å². The molecule has 0 atom stereocenters. The number of pyridine rings is 1. The zero-order chi connectivity index (χ0) is 25.2. The summed E-state index contributed by atoms with van der Waals surface area (Å²) in [6.07, 6.45) is -3.41. The van der Waals surface area contributed by atoms with Crippen molar-refractivity contribution in [3.8, 4) is 5.75 Å². The largest absolute Gasteiger partial charge is 0.573 e. The molecular weight excluding hydrogens is 465 g/mol. The summed E-state index contributed by atoms with van der Waals surface area (Å²) in [5.74, 6) is -1.06. The van der Waals surface area contributed by atoms with Gasteiger partial charge in [0.2, 0.25) is 5.91 Å². The van der Waals surface area contributed by atoms with Gasteiger partial charge < -0.3 is 10.1 Å². The number of rotatable bonds is 6. The molecule has 0 bridgehead atoms. The van der Waals surface area contributed by atoms with E-state index in [1.165, 1.54) is 24.4 Å². The van der Waals surface area contributed by atoms with Crippen LogP contribution in [0.4, 0.5) is 18.9 Å². The predicted molar refractivity (Wildman–Crippen MR) is 122 cm³/mol. The minimum absolute atomic E-state index is 0.00719. The Morgan fingerprint density at radius 3 is 2.34 bits per heavy atom. The Bertz CT molecular complexity index is 1490. The van der Waals surface area contributed by atoms with E-state index in [4.69, 9.17) is 0 Å². The number of nitrogens with one attached hydrogen (secondary N) is 1. The number of alkyl halides is 3. The van der Waals surface area contributed by atoms with Crippen molar-refractivity contribution >= 4 is 22.6 Å². The van der Waals surface area contributed by atoms with E-state index in [1.54, 1.807) is 18.2 Å². The predicted octanol–water partition coefficient (Wildman–Crippen LogP) is 3.45. The summed E-state index contributed by atoms with van der Waals surface area (Å²) in [7, 11) is 0. The lowest BCUT2D eigenvalue weighted by atomic mass is 10.1. The first kappa shape index (κ1) is 23.7. The minimum Gasteiger partial charge on any atom is -0.406 e. The zero-order valence-electron chi connectivity index (χ0n) is 18.4. The molecule has 1 amide bonds. The van der Waals surface area contributed by atoms with Crippen molar-refractivity contribution < 1.29 is 22.7 Å². The van der Waals surface area contributed by atoms with E-state index in [1.807, 2.05) is 19.1 Å². The maximum atomic E-state index is 13.2. The van der Waals surface area contributed by atoms with Gasteiger partial charge in [-0.2, -0.15) is 0 Å². The molecule has 2 aromatic heterocycles. The van der Waals surface area contributed by atoms with Gasteiger partial charge in [-0.15, -0.1) is 13.2 Å². The first-order valence-electron chi connectivity index (χ1n) is 10.4. The third-order valence-electron chi connectivity index (χ3n) is 5.12. The second-order valence-electron chi connectivity index (χ2n) is 7.74. The standard InChI is InChI=1S/C24H19F3N4O4/c1-15-4-6-16(7-5-15)13-31-22(33)21-19(3-2-12-28-21)30(23(31)34)14-20(32)29-17-8-10-18(11-9-17)35-24(25,26)27/h2-12H,13-14H2,1H3,(H,29,32). The molecule has 1 N–H and O–H groups in total. The Morgan fingerprint density at radius 2 is 1.69 bits per heavy atom. The van der Waals surface area contributed by atoms with Crippen molar-refractivity contribution in [2.24, 2.45) is 0 Å². The fourth-order valence-corrected chi connectivity index (χ4v) is 3.50. The van der Waals surface area contributed by atoms with Crippen LogP contribution in [0.5, 0.6) is 5.75 Å². The van der Waals surface area contributed by atoms with Gasteiger partial charge >= 0.3 is 12.1 Å². The molecule has 4 aromatic rings. The molecule has 0 aliphatic heterocycles. The quantitative estimate of drug-likeness (QED) is 0.452. The van der Waals surface area contributed by atoms with Gasteiger partial charge in [-0.25, -0.2) is 9.78 Å². The third-order valence-corrected chi connectivity index (χ3v) is 5.12. The molecule has 11 heteroatoms. The number of amides is 1. The van der Waals surface area contributed by atoms with Crippen LogP contribution in [-0.4, -0.2) is 26.4 Å². The first-order valence-corrected chi connectivity index (χ1v) is 10.4. The van der Waals surface area contributed by atoms with Crippen LogP contribution in [0.2, 0.25) is 0 Å². The van der Waals surface area contributed by atoms with E-state index in [9.17, 15) is 27.6 Å². The Hall–Kier alpha value is -4.41. The Kier molecular flexibility index (Phi) is 6.41. The molecule has 0 unspecified atom stereocenters. The number of anilines is 1. The lowest BCUT2D eigenvalue weighted by molar-refractivity contribution is -0.274. The molecule has 0 radical (unpaired) electrons. The van der Waals surface area contributed by atoms with E-state index in [-0.39, 0.29) is 23.3 Å². The molecule has 0 aliphatic carbocycles. The Balaban J connectivity index is 1.63. The van der Waals surface area contributed by atoms with Crippen LogP contribution in [0.3, 0.4) is 0 Å². The first-order chi connectivity index (χ1) is 16.6. The molecule has 0 spiro atoms. The SMILES string of the molecule is Cc1ccc(Cn2c(=O)c3ncccc3n(CC(=O)Nc3ccc(OC(F)(F)F)cc3)c2=O)cc1. The van der Waals surface area contributed by atoms with E-state index >= 15 is 0 Å². The summed E-state index contributed by atoms with van der Waals surface area (Å²) in [5.41, 5.74) is 0.888. The minimum atomic E-state index is -4.83. The van der Waals surface area contributed by atoms with Crippen molar-refractivity contribution in [3.05, 3.63) is 98.8 Å². The molecular formula is C24H19F3N4O4. The Morgan fingerprint density at radius 1 is 1.00 bits per heavy atom. The molecule has 0 aliphatic rings. The summed E-state index contributed by atoms with van der Waals surface area (Å²) >= 11 is 0. The van der Waals surface area contributed by atoms with Gasteiger partial charge in [0.1, 0.15) is 12.3 Å². The average Bonchev–Trinajstić information content (AvgIpc) is 2.81. The number of hydrogen-bond donors (Lipinski definition) is 1. The molecule has 4 rings (SSSR count). The van der Waals surface area contributed by atoms with Crippen LogP contribution < -0.4 is 21.3 Å². The lowest BCUT2D eigenvalue weighted by Crippen LogP contribution is -2.42. The number of carbonyl (C=O) groups is 1. The molecule has 35 heavy (non-hydrogen) atoms. The number of aryl methyl sites for hydroxylation is 1. The second kappa shape index (κ2) is 9.45. The molecule has 180 valence electrons. The summed E-state index contributed by atoms with van der Waals surface area (Å²) in [6.45, 7) is 1.46. The fraction of sp³-hybridized carbons (Fsp3) is 0.167.